The fraction of sp³-hybridized carbons (Fsp3) is 0.0952. The molecule has 0 aromatic heterocycles. The van der Waals surface area contributed by atoms with Crippen molar-refractivity contribution in [3.63, 3.8) is 0 Å². The van der Waals surface area contributed by atoms with E-state index in [2.05, 4.69) is 6.07 Å². The Hall–Kier alpha value is -3.27. The summed E-state index contributed by atoms with van der Waals surface area (Å²) in [6, 6.07) is 19.0. The van der Waals surface area contributed by atoms with Crippen LogP contribution in [0.1, 0.15) is 22.3 Å². The highest BCUT2D eigenvalue weighted by molar-refractivity contribution is 7.48. The number of nitrogens with zero attached hydrogens (tertiary/aromatic N) is 1. The Balaban J connectivity index is 1.69. The molecule has 5 nitrogen and oxygen atoms in total. The minimum Gasteiger partial charge on any atom is -0.395 e. The van der Waals surface area contributed by atoms with Gasteiger partial charge < -0.3 is 9.05 Å². The maximum Gasteiger partial charge on any atom is 0.584 e. The Bertz CT molecular complexity index is 1120. The Kier molecular flexibility index (Phi) is 6.16. The molecule has 3 aromatic rings. The zero-order valence-corrected chi connectivity index (χ0v) is 16.2. The second-order valence-corrected chi connectivity index (χ2v) is 7.57. The molecule has 0 saturated carbocycles. The highest BCUT2D eigenvalue weighted by Gasteiger charge is 2.32. The third kappa shape index (κ3) is 5.63. The van der Waals surface area contributed by atoms with E-state index in [9.17, 15) is 22.6 Å². The van der Waals surface area contributed by atoms with Crippen molar-refractivity contribution in [1.82, 2.24) is 0 Å². The van der Waals surface area contributed by atoms with Gasteiger partial charge in [0.2, 0.25) is 0 Å². The summed E-state index contributed by atoms with van der Waals surface area (Å²) >= 11 is 0. The normalized spacial score (nSPS) is 13.2. The lowest BCUT2D eigenvalue weighted by atomic mass is 10.0. The second kappa shape index (κ2) is 8.62. The summed E-state index contributed by atoms with van der Waals surface area (Å²) in [5.74, 6) is -0.439. The molecule has 0 spiro atoms. The van der Waals surface area contributed by atoms with Gasteiger partial charge in [0.1, 0.15) is 11.5 Å². The minimum atomic E-state index is -4.71. The molecule has 0 heterocycles. The van der Waals surface area contributed by atoms with Crippen LogP contribution >= 0.6 is 7.82 Å². The monoisotopic (exact) mass is 433 g/mol. The highest BCUT2D eigenvalue weighted by atomic mass is 31.2. The lowest BCUT2D eigenvalue weighted by Gasteiger charge is -2.15. The highest BCUT2D eigenvalue weighted by Crippen LogP contribution is 2.45. The number of benzene rings is 3. The molecule has 1 atom stereocenters. The molecule has 1 N–H and O–H groups in total. The molecule has 0 radical (unpaired) electrons. The quantitative estimate of drug-likeness (QED) is 0.503. The molecule has 0 saturated heterocycles. The Morgan fingerprint density at radius 3 is 2.27 bits per heavy atom. The zero-order chi connectivity index (χ0) is 21.8. The summed E-state index contributed by atoms with van der Waals surface area (Å²) in [6.45, 7) is 0. The molecule has 0 aliphatic heterocycles. The van der Waals surface area contributed by atoms with Crippen LogP contribution in [0.2, 0.25) is 0 Å². The van der Waals surface area contributed by atoms with Gasteiger partial charge in [0, 0.05) is 0 Å². The van der Waals surface area contributed by atoms with Gasteiger partial charge in [0.25, 0.3) is 0 Å². The first-order valence-corrected chi connectivity index (χ1v) is 10.1. The number of phosphoric acid groups is 1. The average Bonchev–Trinajstić information content (AvgIpc) is 2.69. The first-order valence-electron chi connectivity index (χ1n) is 8.62. The van der Waals surface area contributed by atoms with E-state index < -0.39 is 25.3 Å². The summed E-state index contributed by atoms with van der Waals surface area (Å²) in [4.78, 5) is 9.88. The van der Waals surface area contributed by atoms with Crippen molar-refractivity contribution in [2.24, 2.45) is 0 Å². The van der Waals surface area contributed by atoms with E-state index in [1.54, 1.807) is 24.3 Å². The van der Waals surface area contributed by atoms with Crippen LogP contribution in [0.3, 0.4) is 0 Å². The van der Waals surface area contributed by atoms with Crippen LogP contribution < -0.4 is 9.05 Å². The van der Waals surface area contributed by atoms with E-state index in [4.69, 9.17) is 14.3 Å². The van der Waals surface area contributed by atoms with Gasteiger partial charge in [-0.2, -0.15) is 18.4 Å². The van der Waals surface area contributed by atoms with Crippen LogP contribution in [0.25, 0.3) is 0 Å². The van der Waals surface area contributed by atoms with Gasteiger partial charge in [-0.3, -0.25) is 4.89 Å². The lowest BCUT2D eigenvalue weighted by molar-refractivity contribution is -0.137. The summed E-state index contributed by atoms with van der Waals surface area (Å²) in [7, 11) is -4.71. The molecule has 0 bridgehead atoms. The van der Waals surface area contributed by atoms with Crippen molar-refractivity contribution >= 4 is 7.82 Å². The van der Waals surface area contributed by atoms with Crippen molar-refractivity contribution in [2.45, 2.75) is 12.6 Å². The van der Waals surface area contributed by atoms with Crippen LogP contribution in [0.4, 0.5) is 13.2 Å². The smallest absolute Gasteiger partial charge is 0.395 e. The van der Waals surface area contributed by atoms with E-state index in [0.717, 1.165) is 29.3 Å². The van der Waals surface area contributed by atoms with E-state index in [0.29, 0.717) is 18.1 Å². The summed E-state index contributed by atoms with van der Waals surface area (Å²) in [6.07, 6.45) is -4.14. The third-order valence-electron chi connectivity index (χ3n) is 4.06. The van der Waals surface area contributed by atoms with Gasteiger partial charge in [-0.15, -0.1) is 0 Å². The largest absolute Gasteiger partial charge is 0.584 e. The number of hydrogen-bond acceptors (Lipinski definition) is 4. The van der Waals surface area contributed by atoms with Crippen molar-refractivity contribution < 1.29 is 31.7 Å². The number of hydrogen-bond donors (Lipinski definition) is 1. The molecule has 0 aliphatic carbocycles. The van der Waals surface area contributed by atoms with Crippen molar-refractivity contribution in [3.05, 3.63) is 95.1 Å². The zero-order valence-electron chi connectivity index (χ0n) is 15.3. The van der Waals surface area contributed by atoms with Crippen LogP contribution in [-0.2, 0) is 17.2 Å². The fourth-order valence-corrected chi connectivity index (χ4v) is 3.49. The number of alkyl halides is 3. The molecule has 0 fully saturated rings. The second-order valence-electron chi connectivity index (χ2n) is 6.27. The SMILES string of the molecule is N#Cc1ccccc1Cc1ccc(OP(=O)(O)Oc2cccc(C(F)(F)F)c2)cc1. The molecular formula is C21H15F3NO4P. The fourth-order valence-electron chi connectivity index (χ4n) is 2.69. The molecule has 1 unspecified atom stereocenters. The van der Waals surface area contributed by atoms with Gasteiger partial charge in [-0.05, 0) is 53.9 Å². The standard InChI is InChI=1S/C21H15F3NO4P/c22-21(23,24)18-6-3-7-20(13-18)29-30(26,27)28-19-10-8-15(9-11-19)12-16-4-1-2-5-17(16)14-25/h1-11,13H,12H2,(H,26,27). The third-order valence-corrected chi connectivity index (χ3v) is 4.94. The van der Waals surface area contributed by atoms with Crippen molar-refractivity contribution in [1.29, 1.82) is 5.26 Å². The number of nitriles is 1. The van der Waals surface area contributed by atoms with E-state index >= 15 is 0 Å². The summed E-state index contributed by atoms with van der Waals surface area (Å²) in [5, 5.41) is 9.15. The predicted octanol–water partition coefficient (Wildman–Crippen LogP) is 5.73. The molecule has 9 heteroatoms. The van der Waals surface area contributed by atoms with Crippen molar-refractivity contribution in [2.75, 3.05) is 0 Å². The van der Waals surface area contributed by atoms with Gasteiger partial charge in [-0.1, -0.05) is 36.4 Å². The van der Waals surface area contributed by atoms with Crippen LogP contribution in [-0.4, -0.2) is 4.89 Å². The summed E-state index contributed by atoms with van der Waals surface area (Å²) < 4.78 is 60.1. The van der Waals surface area contributed by atoms with Gasteiger partial charge in [0.15, 0.2) is 0 Å². The number of halogens is 3. The number of rotatable bonds is 6. The van der Waals surface area contributed by atoms with Gasteiger partial charge >= 0.3 is 14.0 Å². The first-order chi connectivity index (χ1) is 14.2. The van der Waals surface area contributed by atoms with E-state index in [1.807, 2.05) is 12.1 Å². The van der Waals surface area contributed by atoms with Crippen LogP contribution in [0.5, 0.6) is 11.5 Å². The van der Waals surface area contributed by atoms with Gasteiger partial charge in [0.05, 0.1) is 17.2 Å². The van der Waals surface area contributed by atoms with E-state index in [1.165, 1.54) is 12.1 Å². The Labute approximate surface area is 170 Å². The maximum absolute atomic E-state index is 12.8. The van der Waals surface area contributed by atoms with Crippen LogP contribution in [0, 0.1) is 11.3 Å². The topological polar surface area (TPSA) is 79.5 Å². The molecule has 0 amide bonds. The Morgan fingerprint density at radius 2 is 1.60 bits per heavy atom. The van der Waals surface area contributed by atoms with E-state index in [-0.39, 0.29) is 5.75 Å². The molecular weight excluding hydrogens is 418 g/mol. The molecule has 3 aromatic carbocycles. The Morgan fingerprint density at radius 1 is 0.933 bits per heavy atom. The van der Waals surface area contributed by atoms with Crippen LogP contribution in [0.15, 0.2) is 72.8 Å². The summed E-state index contributed by atoms with van der Waals surface area (Å²) in [5.41, 5.74) is 1.19. The van der Waals surface area contributed by atoms with Crippen molar-refractivity contribution in [3.8, 4) is 17.6 Å². The van der Waals surface area contributed by atoms with Gasteiger partial charge in [-0.25, -0.2) is 4.57 Å². The molecule has 0 aliphatic rings. The molecule has 3 rings (SSSR count). The number of phosphoric ester groups is 1. The minimum absolute atomic E-state index is 0.00475. The maximum atomic E-state index is 12.8. The lowest BCUT2D eigenvalue weighted by Crippen LogP contribution is -2.05. The average molecular weight is 433 g/mol. The molecule has 154 valence electrons. The predicted molar refractivity (Wildman–Crippen MR) is 103 cm³/mol. The molecule has 30 heavy (non-hydrogen) atoms. The first kappa shape index (κ1) is 21.4.